The molecule has 2 saturated carbocycles. The first-order valence-corrected chi connectivity index (χ1v) is 8.54. The number of ether oxygens (including phenoxy) is 1. The van der Waals surface area contributed by atoms with Crippen LogP contribution in [0, 0.1) is 11.8 Å². The topological polar surface area (TPSA) is 21.3 Å². The summed E-state index contributed by atoms with van der Waals surface area (Å²) in [6, 6.07) is 0. The van der Waals surface area contributed by atoms with Gasteiger partial charge < -0.3 is 10.1 Å². The molecule has 2 aliphatic carbocycles. The minimum atomic E-state index is 0.129. The van der Waals surface area contributed by atoms with E-state index < -0.39 is 0 Å². The number of rotatable bonds is 5. The van der Waals surface area contributed by atoms with Gasteiger partial charge in [0, 0.05) is 6.54 Å². The van der Waals surface area contributed by atoms with E-state index in [0.717, 1.165) is 24.9 Å². The molecule has 0 aromatic carbocycles. The highest BCUT2D eigenvalue weighted by Crippen LogP contribution is 2.39. The number of hydrogen-bond donors (Lipinski definition) is 1. The van der Waals surface area contributed by atoms with Crippen LogP contribution < -0.4 is 5.32 Å². The largest absolute Gasteiger partial charge is 0.370 e. The molecule has 2 rings (SSSR count). The van der Waals surface area contributed by atoms with Crippen LogP contribution in [-0.2, 0) is 4.74 Å². The Labute approximate surface area is 119 Å². The molecule has 19 heavy (non-hydrogen) atoms. The van der Waals surface area contributed by atoms with E-state index in [0.29, 0.717) is 6.10 Å². The Kier molecular flexibility index (Phi) is 5.70. The Morgan fingerprint density at radius 3 is 2.58 bits per heavy atom. The second-order valence-electron chi connectivity index (χ2n) is 7.08. The van der Waals surface area contributed by atoms with Gasteiger partial charge >= 0.3 is 0 Å². The highest BCUT2D eigenvalue weighted by molar-refractivity contribution is 4.91. The molecule has 1 N–H and O–H groups in total. The first-order chi connectivity index (χ1) is 9.15. The molecular formula is C17H33NO. The fourth-order valence-corrected chi connectivity index (χ4v) is 4.05. The van der Waals surface area contributed by atoms with Gasteiger partial charge in [0.1, 0.15) is 0 Å². The van der Waals surface area contributed by atoms with Gasteiger partial charge in [-0.15, -0.1) is 0 Å². The average molecular weight is 267 g/mol. The highest BCUT2D eigenvalue weighted by atomic mass is 16.5. The lowest BCUT2D eigenvalue weighted by Crippen LogP contribution is -2.49. The second kappa shape index (κ2) is 7.08. The van der Waals surface area contributed by atoms with Crippen molar-refractivity contribution >= 4 is 0 Å². The molecule has 2 fully saturated rings. The van der Waals surface area contributed by atoms with Crippen molar-refractivity contribution in [3.05, 3.63) is 0 Å². The normalized spacial score (nSPS) is 40.3. The van der Waals surface area contributed by atoms with E-state index in [1.165, 1.54) is 51.4 Å². The van der Waals surface area contributed by atoms with Crippen molar-refractivity contribution in [1.82, 2.24) is 5.32 Å². The maximum Gasteiger partial charge on any atom is 0.0812 e. The van der Waals surface area contributed by atoms with E-state index in [2.05, 4.69) is 26.1 Å². The zero-order valence-electron chi connectivity index (χ0n) is 13.2. The molecule has 0 aromatic heterocycles. The second-order valence-corrected chi connectivity index (χ2v) is 7.08. The van der Waals surface area contributed by atoms with Crippen molar-refractivity contribution in [2.45, 2.75) is 83.8 Å². The van der Waals surface area contributed by atoms with Crippen LogP contribution >= 0.6 is 0 Å². The fraction of sp³-hybridized carbons (Fsp3) is 1.00. The Hall–Kier alpha value is -0.0800. The zero-order chi connectivity index (χ0) is 13.7. The summed E-state index contributed by atoms with van der Waals surface area (Å²) in [6.07, 6.45) is 11.2. The molecule has 112 valence electrons. The molecule has 0 amide bonds. The molecule has 4 unspecified atom stereocenters. The summed E-state index contributed by atoms with van der Waals surface area (Å²) in [7, 11) is 0. The molecule has 4 atom stereocenters. The average Bonchev–Trinajstić information content (AvgIpc) is 2.39. The third-order valence-electron chi connectivity index (χ3n) is 5.18. The molecule has 2 heteroatoms. The van der Waals surface area contributed by atoms with E-state index in [-0.39, 0.29) is 5.60 Å². The standard InChI is InChI=1S/C17H33NO/c1-4-18-13-17(11-7-8-14(2)12-17)19-16-10-6-5-9-15(16)3/h14-16,18H,4-13H2,1-3H3. The molecule has 0 bridgehead atoms. The Morgan fingerprint density at radius 2 is 1.89 bits per heavy atom. The predicted octanol–water partition coefficient (Wildman–Crippen LogP) is 4.14. The first kappa shape index (κ1) is 15.3. The number of nitrogens with one attached hydrogen (secondary N) is 1. The van der Waals surface area contributed by atoms with Gasteiger partial charge in [0.05, 0.1) is 11.7 Å². The quantitative estimate of drug-likeness (QED) is 0.808. The van der Waals surface area contributed by atoms with Gasteiger partial charge in [-0.1, -0.05) is 46.5 Å². The van der Waals surface area contributed by atoms with Crippen LogP contribution in [0.5, 0.6) is 0 Å². The molecule has 0 aromatic rings. The van der Waals surface area contributed by atoms with E-state index >= 15 is 0 Å². The van der Waals surface area contributed by atoms with Crippen LogP contribution in [0.3, 0.4) is 0 Å². The van der Waals surface area contributed by atoms with Crippen molar-refractivity contribution in [3.8, 4) is 0 Å². The third kappa shape index (κ3) is 4.19. The minimum absolute atomic E-state index is 0.129. The van der Waals surface area contributed by atoms with Crippen molar-refractivity contribution < 1.29 is 4.74 Å². The van der Waals surface area contributed by atoms with Gasteiger partial charge in [-0.2, -0.15) is 0 Å². The minimum Gasteiger partial charge on any atom is -0.370 e. The maximum atomic E-state index is 6.74. The summed E-state index contributed by atoms with van der Waals surface area (Å²) in [5, 5.41) is 3.56. The van der Waals surface area contributed by atoms with E-state index in [1.807, 2.05) is 0 Å². The van der Waals surface area contributed by atoms with E-state index in [4.69, 9.17) is 4.74 Å². The molecule has 2 aliphatic rings. The summed E-state index contributed by atoms with van der Waals surface area (Å²) in [5.74, 6) is 1.58. The number of hydrogen-bond acceptors (Lipinski definition) is 2. The van der Waals surface area contributed by atoms with Crippen molar-refractivity contribution in [2.24, 2.45) is 11.8 Å². The van der Waals surface area contributed by atoms with Crippen molar-refractivity contribution in [1.29, 1.82) is 0 Å². The highest BCUT2D eigenvalue weighted by Gasteiger charge is 2.39. The Morgan fingerprint density at radius 1 is 1.11 bits per heavy atom. The Balaban J connectivity index is 1.99. The number of likely N-dealkylation sites (N-methyl/N-ethyl adjacent to an activating group) is 1. The molecule has 0 radical (unpaired) electrons. The lowest BCUT2D eigenvalue weighted by Gasteiger charge is -2.45. The third-order valence-corrected chi connectivity index (χ3v) is 5.18. The lowest BCUT2D eigenvalue weighted by molar-refractivity contribution is -0.144. The molecule has 0 spiro atoms. The lowest BCUT2D eigenvalue weighted by atomic mass is 9.77. The fourth-order valence-electron chi connectivity index (χ4n) is 4.05. The van der Waals surface area contributed by atoms with E-state index in [9.17, 15) is 0 Å². The van der Waals surface area contributed by atoms with Crippen LogP contribution in [0.2, 0.25) is 0 Å². The molecule has 0 aliphatic heterocycles. The summed E-state index contributed by atoms with van der Waals surface area (Å²) >= 11 is 0. The van der Waals surface area contributed by atoms with Gasteiger partial charge in [0.15, 0.2) is 0 Å². The molecule has 0 saturated heterocycles. The summed E-state index contributed by atoms with van der Waals surface area (Å²) in [6.45, 7) is 9.09. The van der Waals surface area contributed by atoms with Gasteiger partial charge in [-0.25, -0.2) is 0 Å². The van der Waals surface area contributed by atoms with Crippen molar-refractivity contribution in [3.63, 3.8) is 0 Å². The van der Waals surface area contributed by atoms with Gasteiger partial charge in [0.25, 0.3) is 0 Å². The van der Waals surface area contributed by atoms with Crippen LogP contribution in [-0.4, -0.2) is 24.8 Å². The van der Waals surface area contributed by atoms with Crippen LogP contribution in [0.15, 0.2) is 0 Å². The van der Waals surface area contributed by atoms with E-state index in [1.54, 1.807) is 0 Å². The van der Waals surface area contributed by atoms with Crippen molar-refractivity contribution in [2.75, 3.05) is 13.1 Å². The monoisotopic (exact) mass is 267 g/mol. The summed E-state index contributed by atoms with van der Waals surface area (Å²) < 4.78 is 6.74. The zero-order valence-corrected chi connectivity index (χ0v) is 13.2. The molecule has 2 nitrogen and oxygen atoms in total. The van der Waals surface area contributed by atoms with Crippen LogP contribution in [0.25, 0.3) is 0 Å². The van der Waals surface area contributed by atoms with Gasteiger partial charge in [-0.05, 0) is 44.1 Å². The predicted molar refractivity (Wildman–Crippen MR) is 81.4 cm³/mol. The molecule has 0 heterocycles. The van der Waals surface area contributed by atoms with Crippen LogP contribution in [0.1, 0.15) is 72.1 Å². The summed E-state index contributed by atoms with van der Waals surface area (Å²) in [5.41, 5.74) is 0.129. The maximum absolute atomic E-state index is 6.74. The first-order valence-electron chi connectivity index (χ1n) is 8.54. The summed E-state index contributed by atoms with van der Waals surface area (Å²) in [4.78, 5) is 0. The van der Waals surface area contributed by atoms with Gasteiger partial charge in [0.2, 0.25) is 0 Å². The molecular weight excluding hydrogens is 234 g/mol. The van der Waals surface area contributed by atoms with Gasteiger partial charge in [-0.3, -0.25) is 0 Å². The Bertz CT molecular complexity index is 268. The van der Waals surface area contributed by atoms with Crippen LogP contribution in [0.4, 0.5) is 0 Å². The SMILES string of the molecule is CCNCC1(OC2CCCCC2C)CCCC(C)C1. The smallest absolute Gasteiger partial charge is 0.0812 e.